The van der Waals surface area contributed by atoms with E-state index in [1.54, 1.807) is 25.5 Å². The van der Waals surface area contributed by atoms with E-state index in [9.17, 15) is 13.9 Å². The van der Waals surface area contributed by atoms with Gasteiger partial charge in [0, 0.05) is 26.0 Å². The number of benzene rings is 1. The molecule has 5 rings (SSSR count). The van der Waals surface area contributed by atoms with Crippen LogP contribution in [-0.4, -0.2) is 47.3 Å². The third kappa shape index (κ3) is 5.98. The number of nitrogens with one attached hydrogen (secondary N) is 1. The van der Waals surface area contributed by atoms with Gasteiger partial charge in [0.15, 0.2) is 12.2 Å². The number of thiophene rings is 1. The van der Waals surface area contributed by atoms with E-state index in [1.165, 1.54) is 22.0 Å². The van der Waals surface area contributed by atoms with Crippen LogP contribution in [0.3, 0.4) is 0 Å². The number of pyridine rings is 1. The van der Waals surface area contributed by atoms with Gasteiger partial charge in [-0.1, -0.05) is 19.4 Å². The predicted molar refractivity (Wildman–Crippen MR) is 156 cm³/mol. The second-order valence-corrected chi connectivity index (χ2v) is 12.3. The molecule has 5 aromatic rings. The number of anilines is 2. The summed E-state index contributed by atoms with van der Waals surface area (Å²) in [6.07, 6.45) is 8.80. The molecule has 4 aromatic heterocycles. The molecule has 0 radical (unpaired) electrons. The Kier molecular flexibility index (Phi) is 7.98. The van der Waals surface area contributed by atoms with Gasteiger partial charge >= 0.3 is 0 Å². The van der Waals surface area contributed by atoms with Crippen molar-refractivity contribution in [1.82, 2.24) is 19.5 Å². The summed E-state index contributed by atoms with van der Waals surface area (Å²) >= 11 is 1.31. The zero-order chi connectivity index (χ0) is 27.4. The number of amides is 1. The molecule has 10 nitrogen and oxygen atoms in total. The minimum absolute atomic E-state index is 0.283. The highest BCUT2D eigenvalue weighted by molar-refractivity contribution is 8.25. The van der Waals surface area contributed by atoms with Gasteiger partial charge in [-0.3, -0.25) is 28.5 Å². The minimum atomic E-state index is -2.95. The van der Waals surface area contributed by atoms with Gasteiger partial charge in [-0.2, -0.15) is 0 Å². The molecule has 0 aliphatic rings. The maximum atomic E-state index is 13.2. The van der Waals surface area contributed by atoms with Crippen LogP contribution in [0.5, 0.6) is 0 Å². The second-order valence-electron chi connectivity index (χ2n) is 9.04. The van der Waals surface area contributed by atoms with Crippen LogP contribution in [0.4, 0.5) is 11.6 Å². The van der Waals surface area contributed by atoms with Crippen LogP contribution < -0.4 is 9.62 Å². The van der Waals surface area contributed by atoms with Crippen LogP contribution >= 0.6 is 22.1 Å². The number of hydrogen-bond donors (Lipinski definition) is 3. The molecule has 0 aliphatic carbocycles. The molecule has 0 fully saturated rings. The summed E-state index contributed by atoms with van der Waals surface area (Å²) < 4.78 is 30.2. The maximum absolute atomic E-state index is 13.2. The molecule has 4 heterocycles. The Labute approximate surface area is 231 Å². The largest absolute Gasteiger partial charge is 0.443 e. The number of unbranched alkanes of at least 4 members (excludes halogenated alkanes) is 1. The number of carbonyl (C=O) groups is 1. The average molecular weight is 567 g/mol. The molecular formula is C27H30N6O4S2. The molecule has 0 aliphatic heterocycles. The smallest absolute Gasteiger partial charge is 0.268 e. The standard InChI is InChI=1S/C27H30N6O4S2/c1-3-4-14-39(35,36)32(2)20-7-8-22-21(15-20)30-27(33(22)13-11-19-6-5-12-28-16-19)31-26(34)25-10-9-24(38-25)23-17-29-18-37-23/h5-10,12,15-18,35-36H,3-4,11,13-14H2,1-2H3,(H,30,31,34). The van der Waals surface area contributed by atoms with Crippen molar-refractivity contribution in [3.05, 3.63) is 77.9 Å². The fourth-order valence-corrected chi connectivity index (χ4v) is 6.41. The second kappa shape index (κ2) is 11.6. The van der Waals surface area contributed by atoms with Crippen LogP contribution in [0.2, 0.25) is 0 Å². The lowest BCUT2D eigenvalue weighted by Crippen LogP contribution is -2.25. The molecule has 1 aromatic carbocycles. The molecule has 3 N–H and O–H groups in total. The highest BCUT2D eigenvalue weighted by Gasteiger charge is 2.22. The van der Waals surface area contributed by atoms with Gasteiger partial charge in [0.25, 0.3) is 5.91 Å². The third-order valence-electron chi connectivity index (χ3n) is 6.38. The first kappa shape index (κ1) is 26.9. The van der Waals surface area contributed by atoms with Crippen molar-refractivity contribution in [1.29, 1.82) is 0 Å². The number of carbonyl (C=O) groups excluding carboxylic acids is 1. The van der Waals surface area contributed by atoms with Crippen molar-refractivity contribution >= 4 is 50.7 Å². The van der Waals surface area contributed by atoms with Gasteiger partial charge in [-0.05, 0) is 54.8 Å². The lowest BCUT2D eigenvalue weighted by Gasteiger charge is -2.42. The number of rotatable bonds is 11. The van der Waals surface area contributed by atoms with Crippen LogP contribution in [0.15, 0.2) is 71.9 Å². The third-order valence-corrected chi connectivity index (χ3v) is 9.41. The van der Waals surface area contributed by atoms with Crippen LogP contribution in [0.25, 0.3) is 21.7 Å². The van der Waals surface area contributed by atoms with Crippen molar-refractivity contribution in [2.75, 3.05) is 22.4 Å². The van der Waals surface area contributed by atoms with Crippen molar-refractivity contribution < 1.29 is 18.3 Å². The number of aromatic nitrogens is 4. The number of fused-ring (bicyclic) bond motifs is 1. The molecule has 1 amide bonds. The number of imidazole rings is 1. The highest BCUT2D eigenvalue weighted by atomic mass is 32.3. The average Bonchev–Trinajstić information content (AvgIpc) is 3.71. The molecule has 0 spiro atoms. The fraction of sp³-hybridized carbons (Fsp3) is 0.259. The van der Waals surface area contributed by atoms with E-state index in [0.717, 1.165) is 28.8 Å². The van der Waals surface area contributed by atoms with Gasteiger partial charge < -0.3 is 8.98 Å². The Balaban J connectivity index is 1.45. The van der Waals surface area contributed by atoms with Crippen molar-refractivity contribution in [3.8, 4) is 10.6 Å². The van der Waals surface area contributed by atoms with E-state index in [-0.39, 0.29) is 5.91 Å². The zero-order valence-electron chi connectivity index (χ0n) is 21.6. The van der Waals surface area contributed by atoms with Crippen molar-refractivity contribution in [2.24, 2.45) is 0 Å². The molecular weight excluding hydrogens is 536 g/mol. The van der Waals surface area contributed by atoms with Crippen LogP contribution in [-0.2, 0) is 13.0 Å². The fourth-order valence-electron chi connectivity index (χ4n) is 4.16. The van der Waals surface area contributed by atoms with Crippen LogP contribution in [0, 0.1) is 0 Å². The Morgan fingerprint density at radius 2 is 2.05 bits per heavy atom. The highest BCUT2D eigenvalue weighted by Crippen LogP contribution is 2.46. The summed E-state index contributed by atoms with van der Waals surface area (Å²) in [5.41, 5.74) is 3.17. The first-order chi connectivity index (χ1) is 18.9. The number of oxazole rings is 1. The minimum Gasteiger partial charge on any atom is -0.443 e. The van der Waals surface area contributed by atoms with Gasteiger partial charge in [0.1, 0.15) is 0 Å². The molecule has 0 saturated carbocycles. The molecule has 0 unspecified atom stereocenters. The van der Waals surface area contributed by atoms with E-state index in [2.05, 4.69) is 15.3 Å². The SMILES string of the molecule is CCCCS(O)(O)N(C)c1ccc2c(c1)nc(NC(=O)c1ccc(-c3cnco3)s1)n2CCc1cccnc1. The summed E-state index contributed by atoms with van der Waals surface area (Å²) in [4.78, 5) is 27.4. The van der Waals surface area contributed by atoms with Crippen molar-refractivity contribution in [2.45, 2.75) is 32.7 Å². The normalized spacial score (nSPS) is 12.1. The van der Waals surface area contributed by atoms with E-state index >= 15 is 0 Å². The van der Waals surface area contributed by atoms with Gasteiger partial charge in [0.05, 0.1) is 38.4 Å². The maximum Gasteiger partial charge on any atom is 0.268 e. The predicted octanol–water partition coefficient (Wildman–Crippen LogP) is 6.54. The van der Waals surface area contributed by atoms with E-state index in [4.69, 9.17) is 9.40 Å². The van der Waals surface area contributed by atoms with E-state index in [0.29, 0.717) is 46.5 Å². The Morgan fingerprint density at radius 1 is 1.18 bits per heavy atom. The molecule has 39 heavy (non-hydrogen) atoms. The summed E-state index contributed by atoms with van der Waals surface area (Å²) in [6, 6.07) is 13.0. The lowest BCUT2D eigenvalue weighted by molar-refractivity contribution is 0.102. The first-order valence-electron chi connectivity index (χ1n) is 12.5. The summed E-state index contributed by atoms with van der Waals surface area (Å²) in [6.45, 7) is 2.58. The molecule has 12 heteroatoms. The van der Waals surface area contributed by atoms with Crippen molar-refractivity contribution in [3.63, 3.8) is 0 Å². The Morgan fingerprint density at radius 3 is 2.79 bits per heavy atom. The lowest BCUT2D eigenvalue weighted by atomic mass is 10.2. The summed E-state index contributed by atoms with van der Waals surface area (Å²) in [5, 5.41) is 2.97. The summed E-state index contributed by atoms with van der Waals surface area (Å²) in [5.74, 6) is 1.03. The van der Waals surface area contributed by atoms with E-state index in [1.807, 2.05) is 54.1 Å². The topological polar surface area (TPSA) is 130 Å². The van der Waals surface area contributed by atoms with Gasteiger partial charge in [0.2, 0.25) is 5.95 Å². The zero-order valence-corrected chi connectivity index (χ0v) is 23.3. The Bertz CT molecular complexity index is 1550. The Hall–Kier alpha value is -3.71. The molecule has 0 atom stereocenters. The molecule has 0 saturated heterocycles. The monoisotopic (exact) mass is 566 g/mol. The molecule has 204 valence electrons. The summed E-state index contributed by atoms with van der Waals surface area (Å²) in [7, 11) is -1.28. The number of nitrogens with zero attached hydrogens (tertiary/aromatic N) is 5. The van der Waals surface area contributed by atoms with E-state index < -0.39 is 10.8 Å². The first-order valence-corrected chi connectivity index (χ1v) is 15.0. The number of hydrogen-bond acceptors (Lipinski definition) is 9. The quantitative estimate of drug-likeness (QED) is 0.164. The number of aryl methyl sites for hydroxylation is 2. The van der Waals surface area contributed by atoms with Gasteiger partial charge in [-0.15, -0.1) is 22.1 Å². The van der Waals surface area contributed by atoms with Gasteiger partial charge in [-0.25, -0.2) is 9.97 Å². The van der Waals surface area contributed by atoms with Crippen LogP contribution in [0.1, 0.15) is 35.0 Å². The molecule has 0 bridgehead atoms.